The van der Waals surface area contributed by atoms with Crippen LogP contribution in [0.25, 0.3) is 0 Å². The van der Waals surface area contributed by atoms with E-state index in [4.69, 9.17) is 0 Å². The fourth-order valence-electron chi connectivity index (χ4n) is 1.91. The molecule has 0 radical (unpaired) electrons. The molecule has 1 aromatic carbocycles. The van der Waals surface area contributed by atoms with Crippen molar-refractivity contribution in [2.75, 3.05) is 7.05 Å². The first-order chi connectivity index (χ1) is 10.1. The van der Waals surface area contributed by atoms with Crippen LogP contribution in [0.3, 0.4) is 0 Å². The Kier molecular flexibility index (Phi) is 5.38. The molecule has 0 aliphatic rings. The van der Waals surface area contributed by atoms with E-state index in [1.54, 1.807) is 12.3 Å². The Balaban J connectivity index is 1.99. The van der Waals surface area contributed by atoms with E-state index in [9.17, 15) is 8.42 Å². The molecule has 0 aliphatic carbocycles. The molecule has 1 heterocycles. The molecular weight excluding hydrogens is 288 g/mol. The average Bonchev–Trinajstić information content (AvgIpc) is 2.47. The topological polar surface area (TPSA) is 84.0 Å². The van der Waals surface area contributed by atoms with Crippen molar-refractivity contribution < 1.29 is 8.42 Å². The molecule has 0 saturated heterocycles. The van der Waals surface area contributed by atoms with Gasteiger partial charge in [-0.2, -0.15) is 0 Å². The summed E-state index contributed by atoms with van der Waals surface area (Å²) in [4.78, 5) is 7.77. The Morgan fingerprint density at radius 1 is 1.14 bits per heavy atom. The number of sulfonamides is 1. The van der Waals surface area contributed by atoms with Gasteiger partial charge in [-0.3, -0.25) is 0 Å². The van der Waals surface area contributed by atoms with Gasteiger partial charge < -0.3 is 5.32 Å². The second-order valence-electron chi connectivity index (χ2n) is 4.63. The molecule has 0 atom stereocenters. The number of rotatable bonds is 7. The summed E-state index contributed by atoms with van der Waals surface area (Å²) < 4.78 is 26.7. The van der Waals surface area contributed by atoms with Crippen LogP contribution in [0.1, 0.15) is 16.8 Å². The molecule has 0 fully saturated rings. The number of aromatic nitrogens is 2. The highest BCUT2D eigenvalue weighted by Gasteiger charge is 2.12. The molecule has 2 N–H and O–H groups in total. The first kappa shape index (κ1) is 15.6. The molecule has 2 rings (SSSR count). The molecule has 112 valence electrons. The van der Waals surface area contributed by atoms with Gasteiger partial charge in [0, 0.05) is 12.7 Å². The van der Waals surface area contributed by atoms with Crippen LogP contribution in [0.5, 0.6) is 0 Å². The first-order valence-electron chi connectivity index (χ1n) is 6.54. The highest BCUT2D eigenvalue weighted by molar-refractivity contribution is 7.88. The van der Waals surface area contributed by atoms with E-state index in [1.165, 1.54) is 6.33 Å². The maximum absolute atomic E-state index is 12.1. The van der Waals surface area contributed by atoms with Crippen molar-refractivity contribution in [3.05, 3.63) is 59.7 Å². The van der Waals surface area contributed by atoms with Crippen molar-refractivity contribution in [2.45, 2.75) is 18.8 Å². The molecular formula is C14H18N4O2S. The molecule has 6 nitrogen and oxygen atoms in total. The smallest absolute Gasteiger partial charge is 0.216 e. The molecule has 0 unspecified atom stereocenters. The van der Waals surface area contributed by atoms with Gasteiger partial charge in [0.1, 0.15) is 6.33 Å². The second kappa shape index (κ2) is 7.26. The summed E-state index contributed by atoms with van der Waals surface area (Å²) in [6, 6.07) is 9.20. The lowest BCUT2D eigenvalue weighted by molar-refractivity contribution is 0.579. The van der Waals surface area contributed by atoms with Crippen molar-refractivity contribution in [1.29, 1.82) is 0 Å². The summed E-state index contributed by atoms with van der Waals surface area (Å²) in [5.74, 6) is -0.0460. The average molecular weight is 306 g/mol. The van der Waals surface area contributed by atoms with Crippen molar-refractivity contribution in [1.82, 2.24) is 20.0 Å². The van der Waals surface area contributed by atoms with Crippen LogP contribution in [-0.4, -0.2) is 25.4 Å². The van der Waals surface area contributed by atoms with E-state index < -0.39 is 10.0 Å². The van der Waals surface area contributed by atoms with Crippen molar-refractivity contribution >= 4 is 10.0 Å². The molecule has 0 saturated carbocycles. The minimum atomic E-state index is -3.40. The van der Waals surface area contributed by atoms with Crippen LogP contribution in [0, 0.1) is 0 Å². The van der Waals surface area contributed by atoms with Crippen LogP contribution in [0.2, 0.25) is 0 Å². The maximum atomic E-state index is 12.1. The molecule has 0 spiro atoms. The Labute approximate surface area is 124 Å². The second-order valence-corrected chi connectivity index (χ2v) is 6.44. The Hall–Kier alpha value is -1.83. The van der Waals surface area contributed by atoms with Crippen LogP contribution >= 0.6 is 0 Å². The molecule has 1 aromatic heterocycles. The van der Waals surface area contributed by atoms with E-state index in [-0.39, 0.29) is 12.3 Å². The van der Waals surface area contributed by atoms with E-state index >= 15 is 0 Å². The van der Waals surface area contributed by atoms with Gasteiger partial charge in [-0.1, -0.05) is 24.3 Å². The summed E-state index contributed by atoms with van der Waals surface area (Å²) >= 11 is 0. The van der Waals surface area contributed by atoms with Crippen molar-refractivity contribution in [3.8, 4) is 0 Å². The van der Waals surface area contributed by atoms with E-state index in [1.807, 2.05) is 31.3 Å². The number of hydrogen-bond acceptors (Lipinski definition) is 5. The minimum Gasteiger partial charge on any atom is -0.316 e. The minimum absolute atomic E-state index is 0.0460. The molecule has 0 amide bonds. The standard InChI is InChI=1S/C14H18N4O2S/c1-15-8-12-3-2-4-13(7-12)10-21(19,20)18-9-14-5-6-16-11-17-14/h2-7,11,15,18H,8-10H2,1H3. The lowest BCUT2D eigenvalue weighted by Gasteiger charge is -2.08. The predicted molar refractivity (Wildman–Crippen MR) is 80.7 cm³/mol. The van der Waals surface area contributed by atoms with E-state index in [2.05, 4.69) is 20.0 Å². The zero-order valence-corrected chi connectivity index (χ0v) is 12.6. The van der Waals surface area contributed by atoms with Gasteiger partial charge in [0.25, 0.3) is 0 Å². The van der Waals surface area contributed by atoms with E-state index in [0.717, 1.165) is 11.1 Å². The van der Waals surface area contributed by atoms with Crippen LogP contribution in [-0.2, 0) is 28.9 Å². The van der Waals surface area contributed by atoms with E-state index in [0.29, 0.717) is 12.2 Å². The molecule has 0 bridgehead atoms. The summed E-state index contributed by atoms with van der Waals surface area (Å²) in [5.41, 5.74) is 2.46. The summed E-state index contributed by atoms with van der Waals surface area (Å²) in [7, 11) is -1.54. The van der Waals surface area contributed by atoms with Crippen molar-refractivity contribution in [3.63, 3.8) is 0 Å². The van der Waals surface area contributed by atoms with Gasteiger partial charge in [0.2, 0.25) is 10.0 Å². The van der Waals surface area contributed by atoms with Gasteiger partial charge in [-0.15, -0.1) is 0 Å². The van der Waals surface area contributed by atoms with Crippen LogP contribution < -0.4 is 10.0 Å². The largest absolute Gasteiger partial charge is 0.316 e. The first-order valence-corrected chi connectivity index (χ1v) is 8.19. The van der Waals surface area contributed by atoms with Crippen LogP contribution in [0.15, 0.2) is 42.9 Å². The third-order valence-corrected chi connectivity index (χ3v) is 4.14. The van der Waals surface area contributed by atoms with Gasteiger partial charge in [0.15, 0.2) is 0 Å². The van der Waals surface area contributed by atoms with Gasteiger partial charge in [0.05, 0.1) is 18.0 Å². The molecule has 0 aliphatic heterocycles. The zero-order chi connectivity index (χ0) is 15.1. The van der Waals surface area contributed by atoms with Gasteiger partial charge in [-0.25, -0.2) is 23.1 Å². The SMILES string of the molecule is CNCc1cccc(CS(=O)(=O)NCc2ccncn2)c1. The molecule has 7 heteroatoms. The van der Waals surface area contributed by atoms with Gasteiger partial charge in [-0.05, 0) is 24.2 Å². The lowest BCUT2D eigenvalue weighted by Crippen LogP contribution is -2.25. The lowest BCUT2D eigenvalue weighted by atomic mass is 10.1. The van der Waals surface area contributed by atoms with Crippen LogP contribution in [0.4, 0.5) is 0 Å². The summed E-state index contributed by atoms with van der Waals surface area (Å²) in [6.45, 7) is 0.878. The number of nitrogens with one attached hydrogen (secondary N) is 2. The normalized spacial score (nSPS) is 11.5. The quantitative estimate of drug-likeness (QED) is 0.791. The summed E-state index contributed by atoms with van der Waals surface area (Å²) in [5, 5.41) is 3.04. The number of hydrogen-bond donors (Lipinski definition) is 2. The Bertz CT molecular complexity index is 674. The highest BCUT2D eigenvalue weighted by atomic mass is 32.2. The zero-order valence-electron chi connectivity index (χ0n) is 11.8. The van der Waals surface area contributed by atoms with Gasteiger partial charge >= 0.3 is 0 Å². The van der Waals surface area contributed by atoms with Crippen molar-refractivity contribution in [2.24, 2.45) is 0 Å². The fourth-order valence-corrected chi connectivity index (χ4v) is 3.00. The Morgan fingerprint density at radius 2 is 1.95 bits per heavy atom. The maximum Gasteiger partial charge on any atom is 0.216 e. The summed E-state index contributed by atoms with van der Waals surface area (Å²) in [6.07, 6.45) is 2.97. The monoisotopic (exact) mass is 306 g/mol. The highest BCUT2D eigenvalue weighted by Crippen LogP contribution is 2.09. The Morgan fingerprint density at radius 3 is 2.67 bits per heavy atom. The predicted octanol–water partition coefficient (Wildman–Crippen LogP) is 0.816. The third-order valence-electron chi connectivity index (χ3n) is 2.85. The number of benzene rings is 1. The third kappa shape index (κ3) is 5.22. The molecule has 2 aromatic rings. The fraction of sp³-hybridized carbons (Fsp3) is 0.286. The number of nitrogens with zero attached hydrogens (tertiary/aromatic N) is 2. The molecule has 21 heavy (non-hydrogen) atoms.